The predicted molar refractivity (Wildman–Crippen MR) is 133 cm³/mol. The van der Waals surface area contributed by atoms with Crippen molar-refractivity contribution in [2.24, 2.45) is 0 Å². The van der Waals surface area contributed by atoms with Crippen molar-refractivity contribution in [2.45, 2.75) is 12.2 Å². The second-order valence-electron chi connectivity index (χ2n) is 8.28. The zero-order chi connectivity index (χ0) is 26.5. The molecule has 10 heteroatoms. The average Bonchev–Trinajstić information content (AvgIpc) is 3.41. The molecular formula is C27H17BrF3NO5. The monoisotopic (exact) mass is 571 g/mol. The van der Waals surface area contributed by atoms with Crippen LogP contribution in [0.25, 0.3) is 11.0 Å². The Labute approximate surface area is 216 Å². The van der Waals surface area contributed by atoms with Gasteiger partial charge in [0.05, 0.1) is 24.3 Å². The number of halogens is 4. The molecule has 1 aliphatic rings. The van der Waals surface area contributed by atoms with Gasteiger partial charge in [0, 0.05) is 15.5 Å². The number of amides is 1. The van der Waals surface area contributed by atoms with Gasteiger partial charge in [0.25, 0.3) is 5.91 Å². The lowest BCUT2D eigenvalue weighted by Crippen LogP contribution is -2.31. The molecule has 188 valence electrons. The van der Waals surface area contributed by atoms with Gasteiger partial charge in [-0.15, -0.1) is 0 Å². The number of alkyl halides is 3. The number of carbonyl (C=O) groups excluding carboxylic acids is 2. The fourth-order valence-electron chi connectivity index (χ4n) is 4.30. The van der Waals surface area contributed by atoms with Gasteiger partial charge in [-0.25, -0.2) is 0 Å². The number of carbonyl (C=O) groups is 2. The molecule has 3 aromatic carbocycles. The molecule has 0 fully saturated rings. The molecule has 1 N–H and O–H groups in total. The Morgan fingerprint density at radius 3 is 2.46 bits per heavy atom. The second kappa shape index (κ2) is 9.11. The number of Topliss-reactive ketones (excluding diaryl/α,β-unsaturated/α-hetero) is 1. The van der Waals surface area contributed by atoms with Crippen molar-refractivity contribution in [1.29, 1.82) is 0 Å². The van der Waals surface area contributed by atoms with Crippen LogP contribution in [0, 0.1) is 0 Å². The number of methoxy groups -OCH3 is 1. The first-order valence-corrected chi connectivity index (χ1v) is 11.7. The van der Waals surface area contributed by atoms with Gasteiger partial charge in [-0.3, -0.25) is 14.5 Å². The van der Waals surface area contributed by atoms with Crippen LogP contribution in [0.2, 0.25) is 0 Å². The SMILES string of the molecule is COc1cccc(C2C(C(=O)c3cc4cc(Br)ccc4o3)=C(O)C(=O)N2c2ccc(C(F)(F)F)cc2)c1. The normalized spacial score (nSPS) is 16.1. The van der Waals surface area contributed by atoms with Crippen LogP contribution in [0.5, 0.6) is 5.75 Å². The minimum atomic E-state index is -4.57. The highest BCUT2D eigenvalue weighted by atomic mass is 79.9. The number of hydrogen-bond acceptors (Lipinski definition) is 5. The fourth-order valence-corrected chi connectivity index (χ4v) is 4.68. The standard InChI is InChI=1S/C27H17BrF3NO5/c1-36-19-4-2-3-14(12-19)23-22(24(33)21-13-15-11-17(28)7-10-20(15)37-21)25(34)26(35)32(23)18-8-5-16(6-9-18)27(29,30)31/h2-13,23,34H,1H3. The molecular weight excluding hydrogens is 555 g/mol. The van der Waals surface area contributed by atoms with Crippen LogP contribution < -0.4 is 9.64 Å². The lowest BCUT2D eigenvalue weighted by Gasteiger charge is -2.27. The van der Waals surface area contributed by atoms with Gasteiger partial charge in [0.1, 0.15) is 11.3 Å². The summed E-state index contributed by atoms with van der Waals surface area (Å²) in [5.41, 5.74) is -0.278. The molecule has 1 amide bonds. The van der Waals surface area contributed by atoms with Crippen molar-refractivity contribution in [3.8, 4) is 5.75 Å². The van der Waals surface area contributed by atoms with Crippen molar-refractivity contribution in [1.82, 2.24) is 0 Å². The Morgan fingerprint density at radius 1 is 1.05 bits per heavy atom. The van der Waals surface area contributed by atoms with Crippen molar-refractivity contribution in [2.75, 3.05) is 12.0 Å². The van der Waals surface area contributed by atoms with E-state index in [0.29, 0.717) is 22.3 Å². The number of aliphatic hydroxyl groups excluding tert-OH is 1. The number of ketones is 1. The third-order valence-electron chi connectivity index (χ3n) is 6.04. The summed E-state index contributed by atoms with van der Waals surface area (Å²) in [6.45, 7) is 0. The summed E-state index contributed by atoms with van der Waals surface area (Å²) in [5.74, 6) is -2.18. The van der Waals surface area contributed by atoms with Crippen LogP contribution in [-0.2, 0) is 11.0 Å². The minimum absolute atomic E-state index is 0.0636. The smallest absolute Gasteiger partial charge is 0.416 e. The van der Waals surface area contributed by atoms with Crippen LogP contribution in [0.4, 0.5) is 18.9 Å². The van der Waals surface area contributed by atoms with E-state index in [0.717, 1.165) is 33.6 Å². The summed E-state index contributed by atoms with van der Waals surface area (Å²) < 4.78 is 51.1. The number of rotatable bonds is 5. The molecule has 1 aromatic heterocycles. The van der Waals surface area contributed by atoms with Gasteiger partial charge < -0.3 is 14.3 Å². The third kappa shape index (κ3) is 4.37. The fraction of sp³-hybridized carbons (Fsp3) is 0.111. The lowest BCUT2D eigenvalue weighted by molar-refractivity contribution is -0.137. The second-order valence-corrected chi connectivity index (χ2v) is 9.20. The van der Waals surface area contributed by atoms with E-state index in [1.54, 1.807) is 42.5 Å². The summed E-state index contributed by atoms with van der Waals surface area (Å²) in [6, 6.07) is 15.9. The molecule has 37 heavy (non-hydrogen) atoms. The number of hydrogen-bond donors (Lipinski definition) is 1. The Hall–Kier alpha value is -4.05. The highest BCUT2D eigenvalue weighted by molar-refractivity contribution is 9.10. The van der Waals surface area contributed by atoms with Gasteiger partial charge in [-0.1, -0.05) is 28.1 Å². The highest BCUT2D eigenvalue weighted by Gasteiger charge is 2.45. The number of anilines is 1. The molecule has 6 nitrogen and oxygen atoms in total. The Bertz CT molecular complexity index is 1570. The molecule has 1 unspecified atom stereocenters. The van der Waals surface area contributed by atoms with Crippen molar-refractivity contribution >= 4 is 44.3 Å². The molecule has 2 heterocycles. The van der Waals surface area contributed by atoms with Crippen LogP contribution >= 0.6 is 15.9 Å². The van der Waals surface area contributed by atoms with E-state index in [9.17, 15) is 27.9 Å². The zero-order valence-electron chi connectivity index (χ0n) is 19.0. The number of nitrogens with zero attached hydrogens (tertiary/aromatic N) is 1. The third-order valence-corrected chi connectivity index (χ3v) is 6.53. The number of fused-ring (bicyclic) bond motifs is 1. The molecule has 0 bridgehead atoms. The van der Waals surface area contributed by atoms with E-state index in [-0.39, 0.29) is 17.0 Å². The maximum atomic E-state index is 13.7. The molecule has 0 saturated carbocycles. The predicted octanol–water partition coefficient (Wildman–Crippen LogP) is 7.01. The topological polar surface area (TPSA) is 80.0 Å². The number of benzene rings is 3. The molecule has 0 spiro atoms. The van der Waals surface area contributed by atoms with E-state index in [4.69, 9.17) is 9.15 Å². The first-order chi connectivity index (χ1) is 17.6. The Kier molecular flexibility index (Phi) is 6.07. The maximum Gasteiger partial charge on any atom is 0.416 e. The first kappa shape index (κ1) is 24.6. The molecule has 0 saturated heterocycles. The largest absolute Gasteiger partial charge is 0.503 e. The molecule has 1 atom stereocenters. The summed E-state index contributed by atoms with van der Waals surface area (Å²) >= 11 is 3.36. The van der Waals surface area contributed by atoms with Gasteiger partial charge in [-0.05, 0) is 66.2 Å². The minimum Gasteiger partial charge on any atom is -0.503 e. The summed E-state index contributed by atoms with van der Waals surface area (Å²) in [7, 11) is 1.44. The number of furan rings is 1. The summed E-state index contributed by atoms with van der Waals surface area (Å²) in [5, 5.41) is 11.5. The van der Waals surface area contributed by atoms with Crippen LogP contribution in [0.1, 0.15) is 27.7 Å². The van der Waals surface area contributed by atoms with Crippen molar-refractivity contribution < 1.29 is 37.0 Å². The zero-order valence-corrected chi connectivity index (χ0v) is 20.6. The van der Waals surface area contributed by atoms with E-state index in [1.165, 1.54) is 13.2 Å². The maximum absolute atomic E-state index is 13.7. The quantitative estimate of drug-likeness (QED) is 0.261. The first-order valence-electron chi connectivity index (χ1n) is 10.9. The van der Waals surface area contributed by atoms with E-state index in [1.807, 2.05) is 0 Å². The van der Waals surface area contributed by atoms with Gasteiger partial charge in [0.15, 0.2) is 11.5 Å². The number of aliphatic hydroxyl groups is 1. The van der Waals surface area contributed by atoms with Crippen LogP contribution in [0.3, 0.4) is 0 Å². The molecule has 5 rings (SSSR count). The molecule has 0 radical (unpaired) electrons. The van der Waals surface area contributed by atoms with Gasteiger partial charge in [-0.2, -0.15) is 13.2 Å². The Balaban J connectivity index is 1.64. The van der Waals surface area contributed by atoms with Crippen LogP contribution in [0.15, 0.2) is 93.0 Å². The summed E-state index contributed by atoms with van der Waals surface area (Å²) in [6.07, 6.45) is -4.57. The van der Waals surface area contributed by atoms with Crippen molar-refractivity contribution in [3.63, 3.8) is 0 Å². The Morgan fingerprint density at radius 2 is 1.78 bits per heavy atom. The van der Waals surface area contributed by atoms with E-state index in [2.05, 4.69) is 15.9 Å². The van der Waals surface area contributed by atoms with Crippen LogP contribution in [-0.4, -0.2) is 23.9 Å². The highest BCUT2D eigenvalue weighted by Crippen LogP contribution is 2.43. The lowest BCUT2D eigenvalue weighted by atomic mass is 9.94. The molecule has 0 aliphatic carbocycles. The van der Waals surface area contributed by atoms with E-state index < -0.39 is 35.2 Å². The average molecular weight is 572 g/mol. The van der Waals surface area contributed by atoms with Gasteiger partial charge >= 0.3 is 6.18 Å². The summed E-state index contributed by atoms with van der Waals surface area (Å²) in [4.78, 5) is 28.0. The van der Waals surface area contributed by atoms with Gasteiger partial charge in [0.2, 0.25) is 5.78 Å². The van der Waals surface area contributed by atoms with E-state index >= 15 is 0 Å². The molecule has 1 aliphatic heterocycles. The van der Waals surface area contributed by atoms with Crippen molar-refractivity contribution in [3.05, 3.63) is 105 Å². The molecule has 4 aromatic rings. The number of ether oxygens (including phenoxy) is 1.